The van der Waals surface area contributed by atoms with Gasteiger partial charge in [-0.05, 0) is 12.1 Å². The number of aliphatic hydroxyl groups is 1. The van der Waals surface area contributed by atoms with Gasteiger partial charge in [0.1, 0.15) is 11.6 Å². The Morgan fingerprint density at radius 1 is 1.10 bits per heavy atom. The SMILES string of the molecule is Cn1c(/C=C(\O)c2ccccc2)nc2ccccc2c1=O. The first-order chi connectivity index (χ1) is 10.2. The van der Waals surface area contributed by atoms with E-state index in [2.05, 4.69) is 4.98 Å². The maximum Gasteiger partial charge on any atom is 0.261 e. The van der Waals surface area contributed by atoms with Gasteiger partial charge in [0.25, 0.3) is 5.56 Å². The summed E-state index contributed by atoms with van der Waals surface area (Å²) in [5.74, 6) is 0.494. The van der Waals surface area contributed by atoms with Crippen LogP contribution >= 0.6 is 0 Å². The molecule has 0 aliphatic rings. The van der Waals surface area contributed by atoms with Gasteiger partial charge in [-0.25, -0.2) is 4.98 Å². The van der Waals surface area contributed by atoms with Crippen LogP contribution in [0.15, 0.2) is 59.4 Å². The molecule has 3 rings (SSSR count). The highest BCUT2D eigenvalue weighted by Crippen LogP contribution is 2.15. The van der Waals surface area contributed by atoms with Gasteiger partial charge < -0.3 is 5.11 Å². The van der Waals surface area contributed by atoms with Crippen LogP contribution in [0.2, 0.25) is 0 Å². The molecule has 0 fully saturated rings. The first-order valence-corrected chi connectivity index (χ1v) is 6.58. The van der Waals surface area contributed by atoms with Gasteiger partial charge in [-0.1, -0.05) is 42.5 Å². The Labute approximate surface area is 121 Å². The molecule has 0 saturated heterocycles. The van der Waals surface area contributed by atoms with Crippen LogP contribution in [0.4, 0.5) is 0 Å². The smallest absolute Gasteiger partial charge is 0.261 e. The third kappa shape index (κ3) is 2.43. The molecule has 1 N–H and O–H groups in total. The molecule has 0 atom stereocenters. The Hall–Kier alpha value is -2.88. The van der Waals surface area contributed by atoms with Gasteiger partial charge in [-0.15, -0.1) is 0 Å². The van der Waals surface area contributed by atoms with Crippen LogP contribution in [0.25, 0.3) is 22.7 Å². The fourth-order valence-electron chi connectivity index (χ4n) is 2.18. The molecule has 0 amide bonds. The first-order valence-electron chi connectivity index (χ1n) is 6.58. The minimum Gasteiger partial charge on any atom is -0.507 e. The molecule has 104 valence electrons. The summed E-state index contributed by atoms with van der Waals surface area (Å²) in [6.45, 7) is 0. The second kappa shape index (κ2) is 5.25. The van der Waals surface area contributed by atoms with E-state index in [-0.39, 0.29) is 11.3 Å². The predicted molar refractivity (Wildman–Crippen MR) is 83.9 cm³/mol. The molecular weight excluding hydrogens is 264 g/mol. The van der Waals surface area contributed by atoms with Crippen molar-refractivity contribution >= 4 is 22.7 Å². The topological polar surface area (TPSA) is 55.1 Å². The van der Waals surface area contributed by atoms with Crippen LogP contribution in [0.1, 0.15) is 11.4 Å². The molecule has 0 radical (unpaired) electrons. The summed E-state index contributed by atoms with van der Waals surface area (Å²) < 4.78 is 1.43. The van der Waals surface area contributed by atoms with E-state index in [0.717, 1.165) is 0 Å². The van der Waals surface area contributed by atoms with Gasteiger partial charge >= 0.3 is 0 Å². The maximum atomic E-state index is 12.3. The summed E-state index contributed by atoms with van der Waals surface area (Å²) in [5, 5.41) is 10.7. The molecular formula is C17H14N2O2. The van der Waals surface area contributed by atoms with Gasteiger partial charge in [0.05, 0.1) is 10.9 Å². The minimum atomic E-state index is -0.132. The van der Waals surface area contributed by atoms with Gasteiger partial charge in [-0.2, -0.15) is 0 Å². The van der Waals surface area contributed by atoms with E-state index in [0.29, 0.717) is 22.3 Å². The van der Waals surface area contributed by atoms with Gasteiger partial charge in [0.2, 0.25) is 0 Å². The van der Waals surface area contributed by atoms with Crippen molar-refractivity contribution < 1.29 is 5.11 Å². The second-order valence-corrected chi connectivity index (χ2v) is 4.75. The van der Waals surface area contributed by atoms with Crippen molar-refractivity contribution in [2.75, 3.05) is 0 Å². The molecule has 0 spiro atoms. The van der Waals surface area contributed by atoms with E-state index >= 15 is 0 Å². The Morgan fingerprint density at radius 2 is 1.76 bits per heavy atom. The third-order valence-electron chi connectivity index (χ3n) is 3.35. The zero-order chi connectivity index (χ0) is 14.8. The van der Waals surface area contributed by atoms with Crippen molar-refractivity contribution in [2.24, 2.45) is 7.05 Å². The summed E-state index contributed by atoms with van der Waals surface area (Å²) in [6.07, 6.45) is 1.50. The molecule has 21 heavy (non-hydrogen) atoms. The van der Waals surface area contributed by atoms with E-state index in [1.54, 1.807) is 31.3 Å². The van der Waals surface area contributed by atoms with Crippen molar-refractivity contribution in [3.8, 4) is 0 Å². The Morgan fingerprint density at radius 3 is 2.52 bits per heavy atom. The molecule has 4 heteroatoms. The standard InChI is InChI=1S/C17H14N2O2/c1-19-16(11-15(20)12-7-3-2-4-8-12)18-14-10-6-5-9-13(14)17(19)21/h2-11,20H,1H3/b15-11-. The predicted octanol–water partition coefficient (Wildman–Crippen LogP) is 2.99. The molecule has 0 bridgehead atoms. The molecule has 1 heterocycles. The van der Waals surface area contributed by atoms with E-state index in [1.165, 1.54) is 10.6 Å². The van der Waals surface area contributed by atoms with Crippen LogP contribution in [-0.2, 0) is 7.05 Å². The van der Waals surface area contributed by atoms with Crippen LogP contribution in [0.3, 0.4) is 0 Å². The Bertz CT molecular complexity index is 880. The quantitative estimate of drug-likeness (QED) is 0.733. The monoisotopic (exact) mass is 278 g/mol. The average Bonchev–Trinajstić information content (AvgIpc) is 2.53. The van der Waals surface area contributed by atoms with Gasteiger partial charge in [0.15, 0.2) is 0 Å². The largest absolute Gasteiger partial charge is 0.507 e. The third-order valence-corrected chi connectivity index (χ3v) is 3.35. The van der Waals surface area contributed by atoms with Crippen molar-refractivity contribution in [1.29, 1.82) is 0 Å². The lowest BCUT2D eigenvalue weighted by molar-refractivity contribution is 0.515. The van der Waals surface area contributed by atoms with Crippen LogP contribution < -0.4 is 5.56 Å². The highest BCUT2D eigenvalue weighted by molar-refractivity contribution is 5.80. The zero-order valence-corrected chi connectivity index (χ0v) is 11.5. The van der Waals surface area contributed by atoms with E-state index < -0.39 is 0 Å². The number of aliphatic hydroxyl groups excluding tert-OH is 1. The molecule has 0 aliphatic carbocycles. The van der Waals surface area contributed by atoms with Crippen LogP contribution in [0, 0.1) is 0 Å². The Kier molecular flexibility index (Phi) is 3.28. The minimum absolute atomic E-state index is 0.0772. The van der Waals surface area contributed by atoms with Crippen molar-refractivity contribution in [2.45, 2.75) is 0 Å². The normalized spacial score (nSPS) is 11.8. The molecule has 0 aliphatic heterocycles. The fraction of sp³-hybridized carbons (Fsp3) is 0.0588. The number of benzene rings is 2. The molecule has 4 nitrogen and oxygen atoms in total. The number of aromatic nitrogens is 2. The number of nitrogens with zero attached hydrogens (tertiary/aromatic N) is 2. The highest BCUT2D eigenvalue weighted by atomic mass is 16.3. The van der Waals surface area contributed by atoms with Gasteiger partial charge in [0, 0.05) is 18.7 Å². The molecule has 2 aromatic carbocycles. The number of rotatable bonds is 2. The maximum absolute atomic E-state index is 12.3. The summed E-state index contributed by atoms with van der Waals surface area (Å²) in [6, 6.07) is 16.3. The van der Waals surface area contributed by atoms with E-state index in [9.17, 15) is 9.90 Å². The highest BCUT2D eigenvalue weighted by Gasteiger charge is 2.07. The first kappa shape index (κ1) is 13.1. The summed E-state index contributed by atoms with van der Waals surface area (Å²) in [7, 11) is 1.64. The van der Waals surface area contributed by atoms with Crippen LogP contribution in [0.5, 0.6) is 0 Å². The van der Waals surface area contributed by atoms with Crippen molar-refractivity contribution in [1.82, 2.24) is 9.55 Å². The fourth-order valence-corrected chi connectivity index (χ4v) is 2.18. The number of hydrogen-bond donors (Lipinski definition) is 1. The molecule has 3 aromatic rings. The second-order valence-electron chi connectivity index (χ2n) is 4.75. The average molecular weight is 278 g/mol. The lowest BCUT2D eigenvalue weighted by Crippen LogP contribution is -2.20. The van der Waals surface area contributed by atoms with E-state index in [1.807, 2.05) is 30.3 Å². The number of fused-ring (bicyclic) bond motifs is 1. The lowest BCUT2D eigenvalue weighted by Gasteiger charge is -2.07. The zero-order valence-electron chi connectivity index (χ0n) is 11.5. The van der Waals surface area contributed by atoms with Crippen molar-refractivity contribution in [3.63, 3.8) is 0 Å². The summed E-state index contributed by atoms with van der Waals surface area (Å²) >= 11 is 0. The lowest BCUT2D eigenvalue weighted by atomic mass is 10.2. The van der Waals surface area contributed by atoms with Crippen LogP contribution in [-0.4, -0.2) is 14.7 Å². The van der Waals surface area contributed by atoms with Crippen molar-refractivity contribution in [3.05, 3.63) is 76.3 Å². The Balaban J connectivity index is 2.17. The summed E-state index contributed by atoms with van der Waals surface area (Å²) in [4.78, 5) is 16.7. The molecule has 0 saturated carbocycles. The van der Waals surface area contributed by atoms with E-state index in [4.69, 9.17) is 0 Å². The summed E-state index contributed by atoms with van der Waals surface area (Å²) in [5.41, 5.74) is 1.17. The molecule has 1 aromatic heterocycles. The number of hydrogen-bond acceptors (Lipinski definition) is 3. The molecule has 0 unspecified atom stereocenters. The number of para-hydroxylation sites is 1. The van der Waals surface area contributed by atoms with Gasteiger partial charge in [-0.3, -0.25) is 9.36 Å².